The number of aromatic hydroxyl groups is 1. The monoisotopic (exact) mass is 577 g/mol. The Morgan fingerprint density at radius 3 is 2.43 bits per heavy atom. The molecule has 2 aromatic rings. The number of nitrogens with zero attached hydrogens (tertiary/aromatic N) is 1. The molecular weight excluding hydrogens is 558 g/mol. The Morgan fingerprint density at radius 2 is 1.73 bits per heavy atom. The summed E-state index contributed by atoms with van der Waals surface area (Å²) >= 11 is 9.96. The Hall–Kier alpha value is -3.29. The molecule has 1 heterocycles. The second-order valence-corrected chi connectivity index (χ2v) is 11.2. The highest BCUT2D eigenvalue weighted by atomic mass is 79.9. The van der Waals surface area contributed by atoms with Crippen molar-refractivity contribution in [3.8, 4) is 5.75 Å². The van der Waals surface area contributed by atoms with Crippen LogP contribution in [0.1, 0.15) is 31.2 Å². The van der Waals surface area contributed by atoms with Crippen LogP contribution in [0.15, 0.2) is 81.4 Å². The van der Waals surface area contributed by atoms with Crippen LogP contribution < -0.4 is 4.90 Å². The number of ketones is 2. The van der Waals surface area contributed by atoms with E-state index >= 15 is 0 Å². The SMILES string of the molecule is CC1=CC(=O)C2=C(C1=O)[C@@H](c1ccc(O)cc1Cl)C1=CC[C@@H]3C(=O)N(c4ccc(Br)cc4)C(=O)[C@@H]3[C@@H]1C2. The molecule has 1 fully saturated rings. The molecule has 6 nitrogen and oxygen atoms in total. The topological polar surface area (TPSA) is 91.8 Å². The Labute approximate surface area is 226 Å². The molecule has 0 saturated carbocycles. The van der Waals surface area contributed by atoms with Crippen molar-refractivity contribution in [2.24, 2.45) is 17.8 Å². The van der Waals surface area contributed by atoms with Crippen LogP contribution in [-0.2, 0) is 19.2 Å². The fourth-order valence-corrected chi connectivity index (χ4v) is 6.86. The number of phenolic OH excluding ortho intramolecular Hbond substituents is 1. The molecule has 6 rings (SSSR count). The van der Waals surface area contributed by atoms with E-state index in [1.165, 1.54) is 23.1 Å². The second-order valence-electron chi connectivity index (χ2n) is 9.92. The van der Waals surface area contributed by atoms with E-state index < -0.39 is 23.7 Å². The van der Waals surface area contributed by atoms with E-state index in [9.17, 15) is 24.3 Å². The predicted octanol–water partition coefficient (Wildman–Crippen LogP) is 5.44. The molecule has 1 aliphatic heterocycles. The van der Waals surface area contributed by atoms with Crippen molar-refractivity contribution in [1.29, 1.82) is 0 Å². The van der Waals surface area contributed by atoms with Crippen molar-refractivity contribution in [2.75, 3.05) is 4.90 Å². The number of phenols is 1. The Morgan fingerprint density at radius 1 is 1.00 bits per heavy atom. The lowest BCUT2D eigenvalue weighted by molar-refractivity contribution is -0.123. The number of fused-ring (bicyclic) bond motifs is 3. The normalized spacial score (nSPS) is 27.1. The zero-order valence-electron chi connectivity index (χ0n) is 19.7. The van der Waals surface area contributed by atoms with Gasteiger partial charge in [0.15, 0.2) is 11.6 Å². The van der Waals surface area contributed by atoms with Crippen molar-refractivity contribution >= 4 is 56.6 Å². The van der Waals surface area contributed by atoms with Gasteiger partial charge in [0.05, 0.1) is 17.5 Å². The Bertz CT molecular complexity index is 1520. The number of hydrogen-bond acceptors (Lipinski definition) is 5. The summed E-state index contributed by atoms with van der Waals surface area (Å²) < 4.78 is 0.834. The van der Waals surface area contributed by atoms with Crippen molar-refractivity contribution in [1.82, 2.24) is 0 Å². The summed E-state index contributed by atoms with van der Waals surface area (Å²) in [5.41, 5.74) is 3.01. The molecule has 0 radical (unpaired) electrons. The molecule has 1 saturated heterocycles. The van der Waals surface area contributed by atoms with E-state index in [1.54, 1.807) is 37.3 Å². The summed E-state index contributed by atoms with van der Waals surface area (Å²) in [6.07, 6.45) is 3.85. The molecule has 2 aromatic carbocycles. The summed E-state index contributed by atoms with van der Waals surface area (Å²) in [4.78, 5) is 55.2. The highest BCUT2D eigenvalue weighted by Gasteiger charge is 2.56. The van der Waals surface area contributed by atoms with E-state index in [4.69, 9.17) is 11.6 Å². The van der Waals surface area contributed by atoms with Gasteiger partial charge >= 0.3 is 0 Å². The first-order valence-electron chi connectivity index (χ1n) is 12.0. The summed E-state index contributed by atoms with van der Waals surface area (Å²) in [5.74, 6) is -3.34. The molecule has 4 atom stereocenters. The first kappa shape index (κ1) is 24.1. The molecule has 0 spiro atoms. The average Bonchev–Trinajstić information content (AvgIpc) is 3.12. The van der Waals surface area contributed by atoms with Gasteiger partial charge in [0.1, 0.15) is 5.75 Å². The third kappa shape index (κ3) is 3.59. The van der Waals surface area contributed by atoms with Crippen LogP contribution in [0, 0.1) is 17.8 Å². The van der Waals surface area contributed by atoms with Crippen molar-refractivity contribution in [3.63, 3.8) is 0 Å². The minimum Gasteiger partial charge on any atom is -0.508 e. The molecule has 0 bridgehead atoms. The number of hydrogen-bond donors (Lipinski definition) is 1. The van der Waals surface area contributed by atoms with Gasteiger partial charge in [-0.05, 0) is 73.7 Å². The molecule has 4 aliphatic rings. The van der Waals surface area contributed by atoms with Gasteiger partial charge in [-0.3, -0.25) is 24.1 Å². The number of carbonyl (C=O) groups excluding carboxylic acids is 4. The highest BCUT2D eigenvalue weighted by molar-refractivity contribution is 9.10. The van der Waals surface area contributed by atoms with E-state index in [2.05, 4.69) is 15.9 Å². The smallest absolute Gasteiger partial charge is 0.238 e. The fourth-order valence-electron chi connectivity index (χ4n) is 6.31. The summed E-state index contributed by atoms with van der Waals surface area (Å²) in [6, 6.07) is 11.6. The minimum atomic E-state index is -0.654. The zero-order valence-corrected chi connectivity index (χ0v) is 22.0. The molecule has 0 aromatic heterocycles. The van der Waals surface area contributed by atoms with Crippen molar-refractivity contribution in [2.45, 2.75) is 25.7 Å². The number of benzene rings is 2. The van der Waals surface area contributed by atoms with E-state index in [1.807, 2.05) is 6.08 Å². The number of imide groups is 1. The number of amides is 2. The largest absolute Gasteiger partial charge is 0.508 e. The van der Waals surface area contributed by atoms with Crippen molar-refractivity contribution < 1.29 is 24.3 Å². The molecule has 8 heteroatoms. The average molecular weight is 579 g/mol. The maximum Gasteiger partial charge on any atom is 0.238 e. The van der Waals surface area contributed by atoms with Gasteiger partial charge in [-0.1, -0.05) is 45.2 Å². The summed E-state index contributed by atoms with van der Waals surface area (Å²) in [5, 5.41) is 10.2. The van der Waals surface area contributed by atoms with Crippen LogP contribution >= 0.6 is 27.5 Å². The number of carbonyl (C=O) groups is 4. The molecular formula is C29H21BrClNO5. The van der Waals surface area contributed by atoms with E-state index in [0.717, 1.165) is 10.0 Å². The van der Waals surface area contributed by atoms with Gasteiger partial charge in [0.25, 0.3) is 0 Å². The third-order valence-corrected chi connectivity index (χ3v) is 8.80. The quantitative estimate of drug-likeness (QED) is 0.291. The molecule has 1 N–H and O–H groups in total. The minimum absolute atomic E-state index is 0.0168. The Kier molecular flexibility index (Phi) is 5.62. The lowest BCUT2D eigenvalue weighted by Crippen LogP contribution is -2.39. The maximum atomic E-state index is 13.8. The van der Waals surface area contributed by atoms with Gasteiger partial charge in [-0.15, -0.1) is 0 Å². The lowest BCUT2D eigenvalue weighted by atomic mass is 9.59. The molecule has 37 heavy (non-hydrogen) atoms. The van der Waals surface area contributed by atoms with Gasteiger partial charge < -0.3 is 5.11 Å². The van der Waals surface area contributed by atoms with Crippen LogP contribution in [0.2, 0.25) is 5.02 Å². The van der Waals surface area contributed by atoms with Crippen LogP contribution in [0.3, 0.4) is 0 Å². The van der Waals surface area contributed by atoms with E-state index in [-0.39, 0.29) is 40.6 Å². The Balaban J connectivity index is 1.50. The van der Waals surface area contributed by atoms with Gasteiger partial charge in [0.2, 0.25) is 11.8 Å². The standard InChI is InChI=1S/C29H21BrClNO5/c1-13-10-23(34)21-12-20-17(24(26(21)27(13)35)18-7-6-16(33)11-22(18)31)8-9-19-25(20)29(37)32(28(19)36)15-4-2-14(30)3-5-15/h2-8,10-11,19-20,24-25,33H,9,12H2,1H3/t19-,20+,24+,25-/m0/s1. The first-order valence-corrected chi connectivity index (χ1v) is 13.2. The van der Waals surface area contributed by atoms with Crippen molar-refractivity contribution in [3.05, 3.63) is 92.0 Å². The molecule has 3 aliphatic carbocycles. The number of allylic oxidation sites excluding steroid dienone is 6. The summed E-state index contributed by atoms with van der Waals surface area (Å²) in [6.45, 7) is 1.62. The van der Waals surface area contributed by atoms with E-state index in [0.29, 0.717) is 34.4 Å². The van der Waals surface area contributed by atoms with Crippen LogP contribution in [0.25, 0.3) is 0 Å². The second kappa shape index (κ2) is 8.64. The van der Waals surface area contributed by atoms with Gasteiger partial charge in [-0.25, -0.2) is 0 Å². The number of rotatable bonds is 2. The fraction of sp³-hybridized carbons (Fsp3) is 0.241. The van der Waals surface area contributed by atoms with Crippen LogP contribution in [0.5, 0.6) is 5.75 Å². The number of halogens is 2. The first-order chi connectivity index (χ1) is 17.7. The number of anilines is 1. The van der Waals surface area contributed by atoms with Gasteiger partial charge in [-0.2, -0.15) is 0 Å². The zero-order chi connectivity index (χ0) is 26.2. The summed E-state index contributed by atoms with van der Waals surface area (Å²) in [7, 11) is 0. The molecule has 2 amide bonds. The molecule has 0 unspecified atom stereocenters. The lowest BCUT2D eigenvalue weighted by Gasteiger charge is -2.42. The highest BCUT2D eigenvalue weighted by Crippen LogP contribution is 2.56. The van der Waals surface area contributed by atoms with Crippen LogP contribution in [0.4, 0.5) is 5.69 Å². The third-order valence-electron chi connectivity index (χ3n) is 7.94. The maximum absolute atomic E-state index is 13.8. The predicted molar refractivity (Wildman–Crippen MR) is 141 cm³/mol. The molecule has 186 valence electrons. The number of Topliss-reactive ketones (excluding diaryl/α,β-unsaturated/α-hetero) is 1. The van der Waals surface area contributed by atoms with Gasteiger partial charge in [0, 0.05) is 32.1 Å². The van der Waals surface area contributed by atoms with Crippen LogP contribution in [-0.4, -0.2) is 28.5 Å².